The Balaban J connectivity index is 1.71. The highest BCUT2D eigenvalue weighted by Gasteiger charge is 2.40. The third-order valence-electron chi connectivity index (χ3n) is 6.38. The normalized spacial score (nSPS) is 24.3. The number of ether oxygens (including phenoxy) is 1. The Morgan fingerprint density at radius 2 is 1.90 bits per heavy atom. The SMILES string of the molecule is CN1CC2CCC1CN2c1c(F)cc2c(=O)c(OC(=O)O)cn(C3CC3)c2c1Cl. The molecule has 2 atom stereocenters. The van der Waals surface area contributed by atoms with Crippen LogP contribution in [0.4, 0.5) is 14.9 Å². The highest BCUT2D eigenvalue weighted by molar-refractivity contribution is 6.38. The summed E-state index contributed by atoms with van der Waals surface area (Å²) in [6, 6.07) is 1.79. The summed E-state index contributed by atoms with van der Waals surface area (Å²) in [5.41, 5.74) is 0.109. The van der Waals surface area contributed by atoms with Crippen LogP contribution in [-0.4, -0.2) is 52.9 Å². The third-order valence-corrected chi connectivity index (χ3v) is 6.74. The number of rotatable bonds is 3. The molecule has 3 aliphatic heterocycles. The fourth-order valence-electron chi connectivity index (χ4n) is 4.79. The summed E-state index contributed by atoms with van der Waals surface area (Å²) in [7, 11) is 2.08. The van der Waals surface area contributed by atoms with Crippen LogP contribution in [0.15, 0.2) is 17.1 Å². The van der Waals surface area contributed by atoms with Crippen LogP contribution in [0.1, 0.15) is 31.7 Å². The predicted molar refractivity (Wildman–Crippen MR) is 107 cm³/mol. The number of hydrogen-bond acceptors (Lipinski definition) is 5. The Labute approximate surface area is 171 Å². The molecule has 0 spiro atoms. The fraction of sp³-hybridized carbons (Fsp3) is 0.500. The maximum atomic E-state index is 15.3. The first-order chi connectivity index (χ1) is 13.8. The van der Waals surface area contributed by atoms with Crippen LogP contribution in [0.25, 0.3) is 10.9 Å². The lowest BCUT2D eigenvalue weighted by molar-refractivity contribution is 0.124. The van der Waals surface area contributed by atoms with Crippen molar-refractivity contribution in [3.8, 4) is 5.75 Å². The van der Waals surface area contributed by atoms with Gasteiger partial charge in [-0.1, -0.05) is 11.6 Å². The largest absolute Gasteiger partial charge is 0.511 e. The minimum Gasteiger partial charge on any atom is -0.449 e. The number of anilines is 1. The van der Waals surface area contributed by atoms with Gasteiger partial charge in [0.05, 0.1) is 27.8 Å². The van der Waals surface area contributed by atoms with E-state index in [0.29, 0.717) is 23.8 Å². The summed E-state index contributed by atoms with van der Waals surface area (Å²) in [5, 5.41) is 9.18. The number of nitrogens with zero attached hydrogens (tertiary/aromatic N) is 3. The van der Waals surface area contributed by atoms with E-state index in [1.165, 1.54) is 12.3 Å². The molecular weight excluding hydrogens is 401 g/mol. The van der Waals surface area contributed by atoms with Crippen LogP contribution in [-0.2, 0) is 0 Å². The first kappa shape index (κ1) is 18.7. The number of pyridine rings is 1. The van der Waals surface area contributed by atoms with E-state index in [0.717, 1.165) is 32.2 Å². The molecule has 4 heterocycles. The average Bonchev–Trinajstić information content (AvgIpc) is 3.50. The predicted octanol–water partition coefficient (Wildman–Crippen LogP) is 3.47. The second-order valence-corrected chi connectivity index (χ2v) is 8.60. The van der Waals surface area contributed by atoms with Gasteiger partial charge in [-0.25, -0.2) is 9.18 Å². The van der Waals surface area contributed by atoms with Crippen molar-refractivity contribution in [1.82, 2.24) is 9.47 Å². The zero-order valence-electron chi connectivity index (χ0n) is 15.9. The molecule has 6 rings (SSSR count). The highest BCUT2D eigenvalue weighted by Crippen LogP contribution is 2.44. The van der Waals surface area contributed by atoms with Gasteiger partial charge in [0.2, 0.25) is 5.43 Å². The van der Waals surface area contributed by atoms with E-state index >= 15 is 4.39 Å². The summed E-state index contributed by atoms with van der Waals surface area (Å²) in [5.74, 6) is -0.900. The molecule has 0 amide bonds. The van der Waals surface area contributed by atoms with Crippen LogP contribution >= 0.6 is 11.6 Å². The summed E-state index contributed by atoms with van der Waals surface area (Å²) < 4.78 is 21.7. The van der Waals surface area contributed by atoms with Crippen LogP contribution < -0.4 is 15.1 Å². The van der Waals surface area contributed by atoms with Gasteiger partial charge in [0, 0.05) is 31.2 Å². The molecule has 4 fully saturated rings. The number of benzene rings is 1. The molecule has 2 aromatic rings. The summed E-state index contributed by atoms with van der Waals surface area (Å²) in [6.45, 7) is 1.54. The van der Waals surface area contributed by atoms with Gasteiger partial charge in [-0.05, 0) is 38.8 Å². The Hall–Kier alpha value is -2.32. The first-order valence-electron chi connectivity index (χ1n) is 9.79. The highest BCUT2D eigenvalue weighted by atomic mass is 35.5. The smallest absolute Gasteiger partial charge is 0.449 e. The van der Waals surface area contributed by atoms with Gasteiger partial charge in [-0.3, -0.25) is 9.69 Å². The molecule has 154 valence electrons. The Morgan fingerprint density at radius 3 is 2.48 bits per heavy atom. The van der Waals surface area contributed by atoms with Crippen molar-refractivity contribution >= 4 is 34.3 Å². The zero-order chi connectivity index (χ0) is 20.4. The molecular formula is C20H21ClFN3O4. The van der Waals surface area contributed by atoms with Crippen LogP contribution in [0, 0.1) is 5.82 Å². The second-order valence-electron chi connectivity index (χ2n) is 8.22. The van der Waals surface area contributed by atoms with Crippen molar-refractivity contribution < 1.29 is 19.0 Å². The van der Waals surface area contributed by atoms with Crippen molar-refractivity contribution in [3.63, 3.8) is 0 Å². The monoisotopic (exact) mass is 421 g/mol. The average molecular weight is 422 g/mol. The van der Waals surface area contributed by atoms with Crippen molar-refractivity contribution in [1.29, 1.82) is 0 Å². The van der Waals surface area contributed by atoms with Gasteiger partial charge in [-0.2, -0.15) is 0 Å². The number of piperazine rings is 1. The van der Waals surface area contributed by atoms with E-state index in [2.05, 4.69) is 16.7 Å². The number of aromatic nitrogens is 1. The quantitative estimate of drug-likeness (QED) is 0.765. The molecule has 4 aliphatic rings. The molecule has 1 N–H and O–H groups in total. The molecule has 1 aromatic carbocycles. The molecule has 9 heteroatoms. The molecule has 0 radical (unpaired) electrons. The number of halogens is 2. The summed E-state index contributed by atoms with van der Waals surface area (Å²) >= 11 is 6.75. The van der Waals surface area contributed by atoms with Gasteiger partial charge >= 0.3 is 6.16 Å². The minimum atomic E-state index is -1.58. The van der Waals surface area contributed by atoms with E-state index in [1.54, 1.807) is 4.57 Å². The molecule has 3 saturated heterocycles. The molecule has 1 aliphatic carbocycles. The third kappa shape index (κ3) is 2.97. The summed E-state index contributed by atoms with van der Waals surface area (Å²) in [4.78, 5) is 28.1. The number of hydrogen-bond donors (Lipinski definition) is 1. The van der Waals surface area contributed by atoms with Crippen molar-refractivity contribution in [2.75, 3.05) is 25.0 Å². The van der Waals surface area contributed by atoms with Crippen LogP contribution in [0.3, 0.4) is 0 Å². The number of piperidine rings is 2. The maximum Gasteiger partial charge on any atom is 0.511 e. The molecule has 2 bridgehead atoms. The number of fused-ring (bicyclic) bond motifs is 4. The molecule has 1 aromatic heterocycles. The van der Waals surface area contributed by atoms with Crippen LogP contribution in [0.5, 0.6) is 5.75 Å². The molecule has 1 saturated carbocycles. The maximum absolute atomic E-state index is 15.3. The lowest BCUT2D eigenvalue weighted by atomic mass is 9.90. The second kappa shape index (κ2) is 6.60. The Bertz CT molecular complexity index is 1080. The zero-order valence-corrected chi connectivity index (χ0v) is 16.7. The van der Waals surface area contributed by atoms with Crippen molar-refractivity contribution in [2.45, 2.75) is 43.8 Å². The van der Waals surface area contributed by atoms with Gasteiger partial charge < -0.3 is 19.3 Å². The van der Waals surface area contributed by atoms with Gasteiger partial charge in [0.1, 0.15) is 5.82 Å². The lowest BCUT2D eigenvalue weighted by Gasteiger charge is -2.51. The fourth-order valence-corrected chi connectivity index (χ4v) is 5.19. The van der Waals surface area contributed by atoms with Crippen molar-refractivity contribution in [3.05, 3.63) is 33.3 Å². The van der Waals surface area contributed by atoms with E-state index in [1.807, 2.05) is 4.90 Å². The molecule has 7 nitrogen and oxygen atoms in total. The first-order valence-corrected chi connectivity index (χ1v) is 10.2. The molecule has 29 heavy (non-hydrogen) atoms. The van der Waals surface area contributed by atoms with Gasteiger partial charge in [-0.15, -0.1) is 0 Å². The topological polar surface area (TPSA) is 75.0 Å². The molecule has 2 unspecified atom stereocenters. The van der Waals surface area contributed by atoms with Gasteiger partial charge in [0.15, 0.2) is 5.75 Å². The number of carboxylic acid groups (broad SMARTS) is 1. The minimum absolute atomic E-state index is 0.0428. The number of likely N-dealkylation sites (N-methyl/N-ethyl adjacent to an activating group) is 1. The Morgan fingerprint density at radius 1 is 1.21 bits per heavy atom. The summed E-state index contributed by atoms with van der Waals surface area (Å²) in [6.07, 6.45) is 3.62. The van der Waals surface area contributed by atoms with E-state index in [9.17, 15) is 9.59 Å². The van der Waals surface area contributed by atoms with E-state index < -0.39 is 17.4 Å². The van der Waals surface area contributed by atoms with E-state index in [4.69, 9.17) is 16.7 Å². The number of carbonyl (C=O) groups is 1. The lowest BCUT2D eigenvalue weighted by Crippen LogP contribution is -2.61. The van der Waals surface area contributed by atoms with Gasteiger partial charge in [0.25, 0.3) is 0 Å². The standard InChI is InChI=1S/C20H21ClFN3O4/c1-23-7-12-5-4-11(23)8-24(12)18-14(22)6-13-17(16(18)21)25(10-2-3-10)9-15(19(13)26)29-20(27)28/h6,9-12H,2-5,7-8H2,1H3,(H,27,28). The van der Waals surface area contributed by atoms with Crippen molar-refractivity contribution in [2.24, 2.45) is 0 Å². The van der Waals surface area contributed by atoms with Crippen LogP contribution in [0.2, 0.25) is 5.02 Å². The Kier molecular flexibility index (Phi) is 4.25. The van der Waals surface area contributed by atoms with E-state index in [-0.39, 0.29) is 28.2 Å².